The van der Waals surface area contributed by atoms with Crippen molar-refractivity contribution in [2.45, 2.75) is 58.2 Å². The fraction of sp³-hybridized carbons (Fsp3) is 0.500. The molecule has 13 heteroatoms. The first-order chi connectivity index (χ1) is 17.1. The van der Waals surface area contributed by atoms with E-state index in [1.165, 1.54) is 23.1 Å². The molecule has 4 N–H and O–H groups in total. The van der Waals surface area contributed by atoms with E-state index in [1.807, 2.05) is 6.07 Å². The largest absolute Gasteiger partial charge is 0.398 e. The van der Waals surface area contributed by atoms with E-state index in [1.54, 1.807) is 20.8 Å². The molecule has 1 fully saturated rings. The van der Waals surface area contributed by atoms with E-state index < -0.39 is 55.5 Å². The topological polar surface area (TPSA) is 162 Å². The molecule has 0 radical (unpaired) electrons. The minimum Gasteiger partial charge on any atom is -0.398 e. The molecule has 1 heterocycles. The number of amides is 3. The molecule has 3 atom stereocenters. The molecule has 0 aliphatic carbocycles. The van der Waals surface area contributed by atoms with E-state index in [-0.39, 0.29) is 23.6 Å². The van der Waals surface area contributed by atoms with Crippen LogP contribution in [0.15, 0.2) is 28.6 Å². The van der Waals surface area contributed by atoms with Gasteiger partial charge in [-0.15, -0.1) is 0 Å². The molecule has 0 bridgehead atoms. The number of benzene rings is 1. The summed E-state index contributed by atoms with van der Waals surface area (Å²) in [5.41, 5.74) is 5.55. The van der Waals surface area contributed by atoms with E-state index in [0.29, 0.717) is 18.5 Å². The summed E-state index contributed by atoms with van der Waals surface area (Å²) in [5.74, 6) is -1.52. The highest BCUT2D eigenvalue weighted by atomic mass is 35.5. The van der Waals surface area contributed by atoms with Gasteiger partial charge in [0.2, 0.25) is 11.8 Å². The molecule has 37 heavy (non-hydrogen) atoms. The van der Waals surface area contributed by atoms with Crippen LogP contribution in [0.4, 0.5) is 5.69 Å². The van der Waals surface area contributed by atoms with Crippen molar-refractivity contribution >= 4 is 56.4 Å². The monoisotopic (exact) mass is 571 g/mol. The van der Waals surface area contributed by atoms with Crippen LogP contribution in [-0.2, 0) is 19.4 Å². The van der Waals surface area contributed by atoms with Crippen molar-refractivity contribution in [3.8, 4) is 6.07 Å². The van der Waals surface area contributed by atoms with Crippen LogP contribution in [0.5, 0.6) is 0 Å². The highest BCUT2D eigenvalue weighted by Crippen LogP contribution is 2.27. The zero-order valence-electron chi connectivity index (χ0n) is 21.0. The summed E-state index contributed by atoms with van der Waals surface area (Å²) in [6, 6.07) is 3.47. The van der Waals surface area contributed by atoms with Crippen LogP contribution in [0, 0.1) is 16.7 Å². The number of anilines is 1. The Balaban J connectivity index is 2.26. The van der Waals surface area contributed by atoms with Crippen LogP contribution in [0.2, 0.25) is 5.02 Å². The molecule has 0 unspecified atom stereocenters. The number of rotatable bonds is 8. The van der Waals surface area contributed by atoms with Crippen molar-refractivity contribution in [2.75, 3.05) is 18.5 Å². The van der Waals surface area contributed by atoms with Crippen LogP contribution < -0.4 is 16.4 Å². The van der Waals surface area contributed by atoms with Gasteiger partial charge in [-0.2, -0.15) is 5.26 Å². The summed E-state index contributed by atoms with van der Waals surface area (Å²) < 4.78 is 22.8. The van der Waals surface area contributed by atoms with E-state index in [9.17, 15) is 22.8 Å². The van der Waals surface area contributed by atoms with Crippen LogP contribution in [0.1, 0.15) is 50.4 Å². The minimum absolute atomic E-state index is 0.208. The highest BCUT2D eigenvalue weighted by Gasteiger charge is 2.42. The Bertz CT molecular complexity index is 1240. The number of carbonyl (C=O) groups excluding carboxylic acids is 3. The molecule has 1 aliphatic rings. The van der Waals surface area contributed by atoms with E-state index in [4.69, 9.17) is 34.2 Å². The van der Waals surface area contributed by atoms with E-state index in [0.717, 1.165) is 12.3 Å². The number of sulfone groups is 1. The van der Waals surface area contributed by atoms with E-state index >= 15 is 0 Å². The van der Waals surface area contributed by atoms with Gasteiger partial charge >= 0.3 is 0 Å². The maximum Gasteiger partial charge on any atom is 0.252 e. The third-order valence-corrected chi connectivity index (χ3v) is 7.95. The molecule has 1 aromatic rings. The predicted molar refractivity (Wildman–Crippen MR) is 142 cm³/mol. The smallest absolute Gasteiger partial charge is 0.252 e. The molecule has 3 amide bonds. The number of hydrogen-bond donors (Lipinski definition) is 3. The lowest BCUT2D eigenvalue weighted by Crippen LogP contribution is -2.58. The number of nitriles is 1. The zero-order valence-corrected chi connectivity index (χ0v) is 23.4. The minimum atomic E-state index is -3.72. The summed E-state index contributed by atoms with van der Waals surface area (Å²) in [5, 5.41) is 14.7. The lowest BCUT2D eigenvalue weighted by molar-refractivity contribution is -0.142. The van der Waals surface area contributed by atoms with Gasteiger partial charge in [0.25, 0.3) is 5.91 Å². The molecule has 0 aromatic heterocycles. The van der Waals surface area contributed by atoms with Gasteiger partial charge in [-0.05, 0) is 42.5 Å². The lowest BCUT2D eigenvalue weighted by atomic mass is 9.85. The second-order valence-electron chi connectivity index (χ2n) is 9.92. The van der Waals surface area contributed by atoms with Gasteiger partial charge in [-0.3, -0.25) is 14.4 Å². The Labute approximate surface area is 227 Å². The molecule has 0 saturated carbocycles. The first kappa shape index (κ1) is 30.4. The predicted octanol–water partition coefficient (Wildman–Crippen LogP) is 2.58. The summed E-state index contributed by atoms with van der Waals surface area (Å²) in [7, 11) is -3.72. The van der Waals surface area contributed by atoms with Crippen LogP contribution in [0.3, 0.4) is 0 Å². The SMILES string of the molecule is CC(C)(C)[C@H](NC(=O)c1ccc(N)c(Cl)c1)C(=O)N1CCC[C@@H]1C(=O)N[C@H](C=C(Cl)S(C)(=O)=O)CC#N. The Morgan fingerprint density at radius 2 is 1.95 bits per heavy atom. The van der Waals surface area contributed by atoms with Crippen molar-refractivity contribution in [1.82, 2.24) is 15.5 Å². The Morgan fingerprint density at radius 3 is 2.49 bits per heavy atom. The molecule has 0 spiro atoms. The number of halogens is 2. The van der Waals surface area contributed by atoms with Crippen molar-refractivity contribution < 1.29 is 22.8 Å². The second-order valence-corrected chi connectivity index (χ2v) is 12.9. The zero-order chi connectivity index (χ0) is 28.1. The quantitative estimate of drug-likeness (QED) is 0.403. The van der Waals surface area contributed by atoms with Crippen molar-refractivity contribution in [1.29, 1.82) is 5.26 Å². The number of nitrogens with two attached hydrogens (primary N) is 1. The van der Waals surface area contributed by atoms with Gasteiger partial charge in [0, 0.05) is 18.4 Å². The standard InChI is InChI=1S/C24H31Cl2N5O5S/c1-24(2,3)20(30-21(32)14-7-8-17(28)16(25)12-14)23(34)31-11-5-6-18(31)22(33)29-15(9-10-27)13-19(26)37(4,35)36/h7-8,12-13,15,18,20H,5-6,9,11,28H2,1-4H3,(H,29,33)(H,30,32)/t15-,18+,20+/m0/s1. The van der Waals surface area contributed by atoms with Crippen LogP contribution >= 0.6 is 23.2 Å². The van der Waals surface area contributed by atoms with Gasteiger partial charge in [0.15, 0.2) is 9.84 Å². The Kier molecular flexibility index (Phi) is 9.99. The number of nitrogens with zero attached hydrogens (tertiary/aromatic N) is 2. The summed E-state index contributed by atoms with van der Waals surface area (Å²) in [4.78, 5) is 41.1. The van der Waals surface area contributed by atoms with Gasteiger partial charge in [-0.25, -0.2) is 8.42 Å². The van der Waals surface area contributed by atoms with E-state index in [2.05, 4.69) is 10.6 Å². The highest BCUT2D eigenvalue weighted by molar-refractivity contribution is 7.96. The number of nitrogen functional groups attached to an aromatic ring is 1. The molecule has 202 valence electrons. The Morgan fingerprint density at radius 1 is 1.30 bits per heavy atom. The molecule has 2 rings (SSSR count). The number of hydrogen-bond acceptors (Lipinski definition) is 7. The van der Waals surface area contributed by atoms with Gasteiger partial charge in [0.1, 0.15) is 16.4 Å². The first-order valence-corrected chi connectivity index (χ1v) is 14.1. The normalized spacial score (nSPS) is 18.0. The molecule has 1 aromatic carbocycles. The number of nitrogens with one attached hydrogen (secondary N) is 2. The third kappa shape index (κ3) is 8.09. The Hall–Kier alpha value is -2.81. The third-order valence-electron chi connectivity index (χ3n) is 5.81. The summed E-state index contributed by atoms with van der Waals surface area (Å²) >= 11 is 11.8. The second kappa shape index (κ2) is 12.2. The van der Waals surface area contributed by atoms with Gasteiger partial charge in [-0.1, -0.05) is 44.0 Å². The molecular formula is C24H31Cl2N5O5S. The fourth-order valence-electron chi connectivity index (χ4n) is 3.81. The maximum absolute atomic E-state index is 13.6. The summed E-state index contributed by atoms with van der Waals surface area (Å²) in [6.07, 6.45) is 2.69. The first-order valence-electron chi connectivity index (χ1n) is 11.5. The van der Waals surface area contributed by atoms with Gasteiger partial charge < -0.3 is 21.3 Å². The fourth-order valence-corrected chi connectivity index (χ4v) is 4.56. The average Bonchev–Trinajstić information content (AvgIpc) is 3.27. The number of likely N-dealkylation sites (tertiary alicyclic amines) is 1. The molecular weight excluding hydrogens is 541 g/mol. The van der Waals surface area contributed by atoms with Gasteiger partial charge in [0.05, 0.1) is 29.2 Å². The molecule has 1 aliphatic heterocycles. The maximum atomic E-state index is 13.6. The molecule has 1 saturated heterocycles. The number of carbonyl (C=O) groups is 3. The van der Waals surface area contributed by atoms with Crippen LogP contribution in [-0.4, -0.2) is 62.0 Å². The average molecular weight is 573 g/mol. The lowest BCUT2D eigenvalue weighted by Gasteiger charge is -2.35. The molecule has 10 nitrogen and oxygen atoms in total. The van der Waals surface area contributed by atoms with Crippen LogP contribution in [0.25, 0.3) is 0 Å². The summed E-state index contributed by atoms with van der Waals surface area (Å²) in [6.45, 7) is 5.66. The van der Waals surface area contributed by atoms with Crippen molar-refractivity contribution in [2.24, 2.45) is 5.41 Å². The van der Waals surface area contributed by atoms with Crippen molar-refractivity contribution in [3.63, 3.8) is 0 Å². The van der Waals surface area contributed by atoms with Crippen molar-refractivity contribution in [3.05, 3.63) is 39.2 Å².